The predicted octanol–water partition coefficient (Wildman–Crippen LogP) is 2.06. The minimum Gasteiger partial charge on any atom is -0.368 e. The smallest absolute Gasteiger partial charge is 0.288 e. The van der Waals surface area contributed by atoms with Gasteiger partial charge in [0.2, 0.25) is 5.95 Å². The summed E-state index contributed by atoms with van der Waals surface area (Å²) < 4.78 is 15.2. The van der Waals surface area contributed by atoms with Gasteiger partial charge in [-0.25, -0.2) is 14.4 Å². The number of nitrogens with zero attached hydrogens (tertiary/aromatic N) is 5. The van der Waals surface area contributed by atoms with Gasteiger partial charge in [0.1, 0.15) is 11.5 Å². The van der Waals surface area contributed by atoms with Gasteiger partial charge in [0.05, 0.1) is 11.9 Å². The lowest BCUT2D eigenvalue weighted by atomic mass is 10.3. The number of rotatable bonds is 4. The van der Waals surface area contributed by atoms with Crippen LogP contribution in [0.25, 0.3) is 11.0 Å². The van der Waals surface area contributed by atoms with Crippen LogP contribution >= 0.6 is 0 Å². The van der Waals surface area contributed by atoms with Gasteiger partial charge in [-0.1, -0.05) is 0 Å². The summed E-state index contributed by atoms with van der Waals surface area (Å²) in [6.45, 7) is 7.45. The minimum atomic E-state index is -0.810. The van der Waals surface area contributed by atoms with Crippen LogP contribution in [0.3, 0.4) is 0 Å². The van der Waals surface area contributed by atoms with Gasteiger partial charge in [0.15, 0.2) is 5.82 Å². The van der Waals surface area contributed by atoms with Gasteiger partial charge in [0, 0.05) is 43.8 Å². The molecule has 1 fully saturated rings. The lowest BCUT2D eigenvalue weighted by molar-refractivity contribution is 0.539. The Hall–Kier alpha value is -3.07. The molecule has 4 heterocycles. The highest BCUT2D eigenvalue weighted by molar-refractivity contribution is 5.75. The van der Waals surface area contributed by atoms with E-state index in [4.69, 9.17) is 0 Å². The Morgan fingerprint density at radius 1 is 1.18 bits per heavy atom. The number of piperazine rings is 1. The molecule has 0 bridgehead atoms. The normalized spacial score (nSPS) is 14.6. The molecular weight excluding hydrogens is 361 g/mol. The molecule has 0 radical (unpaired) electrons. The van der Waals surface area contributed by atoms with E-state index in [1.807, 2.05) is 32.2 Å². The zero-order chi connectivity index (χ0) is 19.7. The summed E-state index contributed by atoms with van der Waals surface area (Å²) >= 11 is 0. The second kappa shape index (κ2) is 7.51. The first-order valence-corrected chi connectivity index (χ1v) is 9.29. The second-order valence-corrected chi connectivity index (χ2v) is 7.00. The summed E-state index contributed by atoms with van der Waals surface area (Å²) in [6.07, 6.45) is 3.31. The number of hydrogen-bond donors (Lipinski definition) is 2. The van der Waals surface area contributed by atoms with Crippen LogP contribution in [0.5, 0.6) is 0 Å². The van der Waals surface area contributed by atoms with Crippen molar-refractivity contribution in [3.05, 3.63) is 46.8 Å². The Balaban J connectivity index is 1.62. The van der Waals surface area contributed by atoms with E-state index < -0.39 is 11.4 Å². The third kappa shape index (κ3) is 3.53. The number of hydrogen-bond acceptors (Lipinski definition) is 7. The largest absolute Gasteiger partial charge is 0.368 e. The molecule has 0 aliphatic carbocycles. The fourth-order valence-corrected chi connectivity index (χ4v) is 3.31. The van der Waals surface area contributed by atoms with Crippen LogP contribution in [-0.4, -0.2) is 45.7 Å². The Morgan fingerprint density at radius 2 is 1.96 bits per heavy atom. The molecule has 4 rings (SSSR count). The standard InChI is InChI=1S/C19H22FN7O/c1-12(2)27-17-13(9-15(20)18(27)28)10-23-19(25-17)24-16-4-3-14(11-22-16)26-7-5-21-6-8-26/h3-4,9-12,21H,5-8H2,1-2H3,(H,22,23,24,25). The maximum Gasteiger partial charge on any atom is 0.288 e. The Morgan fingerprint density at radius 3 is 2.64 bits per heavy atom. The van der Waals surface area contributed by atoms with Crippen LogP contribution in [0.4, 0.5) is 21.8 Å². The molecule has 0 spiro atoms. The summed E-state index contributed by atoms with van der Waals surface area (Å²) in [4.78, 5) is 27.5. The summed E-state index contributed by atoms with van der Waals surface area (Å²) in [5.41, 5.74) is 0.762. The SMILES string of the molecule is CC(C)n1c(=O)c(F)cc2cnc(Nc3ccc(N4CCNCC4)cn3)nc21. The topological polar surface area (TPSA) is 88.0 Å². The highest BCUT2D eigenvalue weighted by Gasteiger charge is 2.15. The molecule has 0 unspecified atom stereocenters. The molecule has 0 aromatic carbocycles. The van der Waals surface area contributed by atoms with Crippen LogP contribution in [0, 0.1) is 5.82 Å². The van der Waals surface area contributed by atoms with Crippen molar-refractivity contribution in [1.82, 2.24) is 24.8 Å². The highest BCUT2D eigenvalue weighted by Crippen LogP contribution is 2.20. The number of aromatic nitrogens is 4. The van der Waals surface area contributed by atoms with Crippen molar-refractivity contribution in [2.24, 2.45) is 0 Å². The van der Waals surface area contributed by atoms with Crippen molar-refractivity contribution < 1.29 is 4.39 Å². The van der Waals surface area contributed by atoms with Gasteiger partial charge in [-0.15, -0.1) is 0 Å². The zero-order valence-electron chi connectivity index (χ0n) is 15.8. The van der Waals surface area contributed by atoms with Gasteiger partial charge in [0.25, 0.3) is 5.56 Å². The average Bonchev–Trinajstić information content (AvgIpc) is 2.70. The number of pyridine rings is 2. The molecule has 8 nitrogen and oxygen atoms in total. The second-order valence-electron chi connectivity index (χ2n) is 7.00. The molecule has 9 heteroatoms. The highest BCUT2D eigenvalue weighted by atomic mass is 19.1. The maximum atomic E-state index is 13.9. The number of halogens is 1. The van der Waals surface area contributed by atoms with Crippen molar-refractivity contribution in [1.29, 1.82) is 0 Å². The zero-order valence-corrected chi connectivity index (χ0v) is 15.8. The van der Waals surface area contributed by atoms with E-state index in [0.717, 1.165) is 31.9 Å². The molecule has 1 aliphatic rings. The fraction of sp³-hybridized carbons (Fsp3) is 0.368. The van der Waals surface area contributed by atoms with E-state index in [0.29, 0.717) is 22.8 Å². The molecule has 146 valence electrons. The van der Waals surface area contributed by atoms with Gasteiger partial charge >= 0.3 is 0 Å². The van der Waals surface area contributed by atoms with Crippen molar-refractivity contribution in [2.45, 2.75) is 19.9 Å². The van der Waals surface area contributed by atoms with Crippen molar-refractivity contribution in [2.75, 3.05) is 36.4 Å². The van der Waals surface area contributed by atoms with Crippen LogP contribution in [-0.2, 0) is 0 Å². The monoisotopic (exact) mass is 383 g/mol. The molecule has 3 aromatic heterocycles. The number of fused-ring (bicyclic) bond motifs is 1. The lowest BCUT2D eigenvalue weighted by Crippen LogP contribution is -2.43. The third-order valence-electron chi connectivity index (χ3n) is 4.72. The Labute approximate surface area is 161 Å². The molecule has 28 heavy (non-hydrogen) atoms. The predicted molar refractivity (Wildman–Crippen MR) is 107 cm³/mol. The molecule has 0 saturated carbocycles. The van der Waals surface area contributed by atoms with E-state index >= 15 is 0 Å². The quantitative estimate of drug-likeness (QED) is 0.713. The first kappa shape index (κ1) is 18.3. The third-order valence-corrected chi connectivity index (χ3v) is 4.72. The van der Waals surface area contributed by atoms with E-state index in [1.54, 1.807) is 0 Å². The Bertz CT molecular complexity index is 1040. The molecule has 1 aliphatic heterocycles. The number of anilines is 3. The van der Waals surface area contributed by atoms with Crippen LogP contribution in [0.1, 0.15) is 19.9 Å². The van der Waals surface area contributed by atoms with Crippen LogP contribution in [0.2, 0.25) is 0 Å². The maximum absolute atomic E-state index is 13.9. The lowest BCUT2D eigenvalue weighted by Gasteiger charge is -2.29. The summed E-state index contributed by atoms with van der Waals surface area (Å²) in [6, 6.07) is 4.80. The van der Waals surface area contributed by atoms with Gasteiger partial charge in [-0.2, -0.15) is 4.98 Å². The fourth-order valence-electron chi connectivity index (χ4n) is 3.31. The van der Waals surface area contributed by atoms with Crippen molar-refractivity contribution in [3.8, 4) is 0 Å². The van der Waals surface area contributed by atoms with E-state index in [1.165, 1.54) is 16.8 Å². The molecular formula is C19H22FN7O. The molecule has 0 amide bonds. The van der Waals surface area contributed by atoms with E-state index in [2.05, 4.69) is 30.5 Å². The first-order chi connectivity index (χ1) is 13.5. The van der Waals surface area contributed by atoms with Gasteiger partial charge < -0.3 is 15.5 Å². The van der Waals surface area contributed by atoms with Crippen molar-refractivity contribution in [3.63, 3.8) is 0 Å². The molecule has 3 aromatic rings. The molecule has 2 N–H and O–H groups in total. The summed E-state index contributed by atoms with van der Waals surface area (Å²) in [7, 11) is 0. The molecule has 0 atom stereocenters. The van der Waals surface area contributed by atoms with Crippen molar-refractivity contribution >= 4 is 28.5 Å². The van der Waals surface area contributed by atoms with Crippen LogP contribution in [0.15, 0.2) is 35.4 Å². The van der Waals surface area contributed by atoms with Gasteiger partial charge in [-0.05, 0) is 32.0 Å². The Kier molecular flexibility index (Phi) is 4.91. The number of nitrogens with one attached hydrogen (secondary N) is 2. The minimum absolute atomic E-state index is 0.232. The first-order valence-electron chi connectivity index (χ1n) is 9.29. The van der Waals surface area contributed by atoms with E-state index in [-0.39, 0.29) is 6.04 Å². The van der Waals surface area contributed by atoms with E-state index in [9.17, 15) is 9.18 Å². The summed E-state index contributed by atoms with van der Waals surface area (Å²) in [5, 5.41) is 6.85. The van der Waals surface area contributed by atoms with Gasteiger partial charge in [-0.3, -0.25) is 9.36 Å². The average molecular weight is 383 g/mol. The molecule has 1 saturated heterocycles. The van der Waals surface area contributed by atoms with Crippen LogP contribution < -0.4 is 21.1 Å². The summed E-state index contributed by atoms with van der Waals surface area (Å²) in [5.74, 6) is 0.0878.